The van der Waals surface area contributed by atoms with E-state index in [9.17, 15) is 35.5 Å². The van der Waals surface area contributed by atoms with Crippen LogP contribution in [0.15, 0.2) is 42.5 Å². The molecule has 2 aromatic carbocycles. The van der Waals surface area contributed by atoms with E-state index in [1.807, 2.05) is 0 Å². The van der Waals surface area contributed by atoms with Gasteiger partial charge in [-0.15, -0.1) is 0 Å². The van der Waals surface area contributed by atoms with Gasteiger partial charge in [0.05, 0.1) is 11.1 Å². The number of anilines is 1. The summed E-state index contributed by atoms with van der Waals surface area (Å²) in [6.07, 6.45) is -8.10. The summed E-state index contributed by atoms with van der Waals surface area (Å²) in [7, 11) is 0. The number of rotatable bonds is 4. The van der Waals surface area contributed by atoms with Crippen molar-refractivity contribution in [3.63, 3.8) is 0 Å². The number of nitrogens with one attached hydrogen (secondary N) is 1. The number of carbonyl (C=O) groups is 1. The van der Waals surface area contributed by atoms with Crippen molar-refractivity contribution in [2.75, 3.05) is 4.31 Å². The van der Waals surface area contributed by atoms with E-state index in [-0.39, 0.29) is 22.5 Å². The first kappa shape index (κ1) is 26.0. The van der Waals surface area contributed by atoms with Gasteiger partial charge in [-0.25, -0.2) is 14.4 Å². The third-order valence-corrected chi connectivity index (χ3v) is 6.41. The van der Waals surface area contributed by atoms with Crippen molar-refractivity contribution >= 4 is 35.4 Å². The number of benzene rings is 2. The molecule has 1 fully saturated rings. The largest absolute Gasteiger partial charge is 0.665 e. The zero-order valence-electron chi connectivity index (χ0n) is 18.3. The molecule has 0 bridgehead atoms. The molecule has 1 heterocycles. The molecule has 0 unspecified atom stereocenters. The number of carbonyl (C=O) groups excluding carboxylic acids is 1. The van der Waals surface area contributed by atoms with Crippen LogP contribution in [-0.4, -0.2) is 28.0 Å². The van der Waals surface area contributed by atoms with E-state index in [4.69, 9.17) is 12.8 Å². The Labute approximate surface area is 206 Å². The number of fused-ring (bicyclic) bond motifs is 1. The molecule has 192 valence electrons. The van der Waals surface area contributed by atoms with Crippen molar-refractivity contribution in [2.45, 2.75) is 50.1 Å². The van der Waals surface area contributed by atoms with E-state index >= 15 is 0 Å². The van der Waals surface area contributed by atoms with Crippen LogP contribution in [0.5, 0.6) is 0 Å². The predicted molar refractivity (Wildman–Crippen MR) is 119 cm³/mol. The summed E-state index contributed by atoms with van der Waals surface area (Å²) in [5.74, 6) is -2.80. The molecule has 5 nitrogen and oxygen atoms in total. The highest BCUT2D eigenvalue weighted by Gasteiger charge is 2.37. The van der Waals surface area contributed by atoms with Gasteiger partial charge in [0.2, 0.25) is 5.82 Å². The summed E-state index contributed by atoms with van der Waals surface area (Å²) in [6.45, 7) is 0. The van der Waals surface area contributed by atoms with Crippen molar-refractivity contribution in [1.29, 1.82) is 0 Å². The van der Waals surface area contributed by atoms with Gasteiger partial charge in [0.15, 0.2) is 0 Å². The third-order valence-electron chi connectivity index (χ3n) is 5.94. The minimum Gasteiger partial charge on any atom is -0.665 e. The van der Waals surface area contributed by atoms with Crippen molar-refractivity contribution in [3.05, 3.63) is 65.2 Å². The number of alkyl halides is 6. The number of amides is 1. The molecular formula is C23H18F7N4OS-. The number of hydrogen-bond donors (Lipinski definition) is 1. The summed E-state index contributed by atoms with van der Waals surface area (Å²) >= 11 is 5.36. The first-order valence-corrected chi connectivity index (χ1v) is 11.2. The summed E-state index contributed by atoms with van der Waals surface area (Å²) in [5, 5.41) is 2.59. The number of halogens is 7. The summed E-state index contributed by atoms with van der Waals surface area (Å²) in [5.41, 5.74) is -1.10. The lowest BCUT2D eigenvalue weighted by Gasteiger charge is -2.43. The van der Waals surface area contributed by atoms with Gasteiger partial charge in [-0.05, 0) is 68.1 Å². The maximum absolute atomic E-state index is 13.4. The Bertz CT molecular complexity index is 1260. The Morgan fingerprint density at radius 1 is 0.917 bits per heavy atom. The van der Waals surface area contributed by atoms with Crippen LogP contribution in [0.4, 0.5) is 36.6 Å². The van der Waals surface area contributed by atoms with Gasteiger partial charge in [-0.2, -0.15) is 26.3 Å². The number of nitrogens with zero attached hydrogens (tertiary/aromatic N) is 3. The zero-order valence-corrected chi connectivity index (χ0v) is 19.1. The summed E-state index contributed by atoms with van der Waals surface area (Å²) < 4.78 is 94.0. The molecule has 1 aromatic heterocycles. The fourth-order valence-electron chi connectivity index (χ4n) is 4.08. The van der Waals surface area contributed by atoms with E-state index in [0.717, 1.165) is 22.5 Å². The quantitative estimate of drug-likeness (QED) is 0.340. The van der Waals surface area contributed by atoms with Gasteiger partial charge >= 0.3 is 12.4 Å². The molecule has 0 aliphatic heterocycles. The molecule has 1 aliphatic carbocycles. The summed E-state index contributed by atoms with van der Waals surface area (Å²) in [6, 6.07) is 6.45. The second-order valence-corrected chi connectivity index (χ2v) is 8.80. The molecule has 1 N–H and O–H groups in total. The SMILES string of the molecule is O=C(NC1CCC(N([S-])c2nc(C(F)(F)F)nc3ccc(C(F)(F)F)cc23)CC1)c1ccc(F)cc1. The van der Waals surface area contributed by atoms with E-state index in [1.165, 1.54) is 12.1 Å². The van der Waals surface area contributed by atoms with Gasteiger partial charge in [-0.1, -0.05) is 0 Å². The van der Waals surface area contributed by atoms with Crippen molar-refractivity contribution in [3.8, 4) is 0 Å². The zero-order chi connectivity index (χ0) is 26.3. The Morgan fingerprint density at radius 2 is 1.56 bits per heavy atom. The lowest BCUT2D eigenvalue weighted by Crippen LogP contribution is -2.42. The highest BCUT2D eigenvalue weighted by molar-refractivity contribution is 7.60. The Kier molecular flexibility index (Phi) is 7.04. The van der Waals surface area contributed by atoms with Gasteiger partial charge in [-0.3, -0.25) is 4.79 Å². The maximum atomic E-state index is 13.4. The third kappa shape index (κ3) is 5.66. The van der Waals surface area contributed by atoms with Crippen LogP contribution in [0.2, 0.25) is 0 Å². The second-order valence-electron chi connectivity index (χ2n) is 8.41. The number of aromatic nitrogens is 2. The molecule has 1 saturated carbocycles. The molecule has 3 aromatic rings. The standard InChI is InChI=1S/C23H18F7N4OS/c24-14-4-1-12(2-5-14)20(35)31-15-6-8-16(9-7-15)34(36)19-17-11-13(22(25,26)27)3-10-18(17)32-21(33-19)23(28,29)30/h1-5,10-11,15-16H,6-9H2,(H,31,35)/q-1. The topological polar surface area (TPSA) is 58.1 Å². The average molecular weight is 531 g/mol. The fraction of sp³-hybridized carbons (Fsp3) is 0.348. The lowest BCUT2D eigenvalue weighted by molar-refractivity contribution is -0.144. The first-order chi connectivity index (χ1) is 16.8. The van der Waals surface area contributed by atoms with Gasteiger partial charge < -0.3 is 22.4 Å². The molecule has 0 spiro atoms. The van der Waals surface area contributed by atoms with E-state index in [1.54, 1.807) is 0 Å². The molecular weight excluding hydrogens is 513 g/mol. The summed E-state index contributed by atoms with van der Waals surface area (Å²) in [4.78, 5) is 19.3. The minimum absolute atomic E-state index is 0.237. The van der Waals surface area contributed by atoms with Crippen LogP contribution in [-0.2, 0) is 25.2 Å². The Hall–Kier alpha value is -3.09. The fourth-order valence-corrected chi connectivity index (χ4v) is 4.43. The van der Waals surface area contributed by atoms with Crippen LogP contribution in [0.1, 0.15) is 47.4 Å². The van der Waals surface area contributed by atoms with Crippen LogP contribution < -0.4 is 9.62 Å². The van der Waals surface area contributed by atoms with Crippen LogP contribution in [0.3, 0.4) is 0 Å². The van der Waals surface area contributed by atoms with E-state index in [2.05, 4.69) is 15.3 Å². The molecule has 36 heavy (non-hydrogen) atoms. The predicted octanol–water partition coefficient (Wildman–Crippen LogP) is 5.82. The minimum atomic E-state index is -4.93. The van der Waals surface area contributed by atoms with Crippen LogP contribution in [0.25, 0.3) is 10.9 Å². The molecule has 4 rings (SSSR count). The Balaban J connectivity index is 1.55. The second kappa shape index (κ2) is 9.75. The van der Waals surface area contributed by atoms with Gasteiger partial charge in [0, 0.05) is 23.0 Å². The number of hydrogen-bond acceptors (Lipinski definition) is 5. The monoisotopic (exact) mass is 531 g/mol. The normalized spacial score (nSPS) is 18.8. The highest BCUT2D eigenvalue weighted by Crippen LogP contribution is 2.37. The molecule has 13 heteroatoms. The molecule has 1 aliphatic rings. The van der Waals surface area contributed by atoms with Crippen molar-refractivity contribution < 1.29 is 35.5 Å². The van der Waals surface area contributed by atoms with Crippen molar-refractivity contribution in [2.24, 2.45) is 0 Å². The molecule has 0 radical (unpaired) electrons. The molecule has 1 amide bonds. The van der Waals surface area contributed by atoms with E-state index < -0.39 is 47.3 Å². The van der Waals surface area contributed by atoms with Gasteiger partial charge in [0.25, 0.3) is 5.91 Å². The highest BCUT2D eigenvalue weighted by atomic mass is 32.1. The van der Waals surface area contributed by atoms with Gasteiger partial charge in [0.1, 0.15) is 11.6 Å². The van der Waals surface area contributed by atoms with Crippen LogP contribution >= 0.6 is 0 Å². The molecule has 0 atom stereocenters. The molecule has 0 saturated heterocycles. The van der Waals surface area contributed by atoms with Crippen molar-refractivity contribution in [1.82, 2.24) is 15.3 Å². The average Bonchev–Trinajstić information content (AvgIpc) is 2.82. The lowest BCUT2D eigenvalue weighted by atomic mass is 9.90. The smallest absolute Gasteiger partial charge is 0.451 e. The van der Waals surface area contributed by atoms with E-state index in [0.29, 0.717) is 37.8 Å². The Morgan fingerprint density at radius 3 is 2.14 bits per heavy atom. The first-order valence-electron chi connectivity index (χ1n) is 10.8. The van der Waals surface area contributed by atoms with Crippen LogP contribution in [0, 0.1) is 5.82 Å². The maximum Gasteiger partial charge on any atom is 0.451 e.